The van der Waals surface area contributed by atoms with Crippen LogP contribution in [0.4, 0.5) is 0 Å². The van der Waals surface area contributed by atoms with E-state index in [0.29, 0.717) is 0 Å². The van der Waals surface area contributed by atoms with E-state index in [1.165, 1.54) is 5.19 Å². The Balaban J connectivity index is 2.43. The molecule has 0 bridgehead atoms. The largest absolute Gasteiger partial charge is 0.463 e. The van der Waals surface area contributed by atoms with Crippen molar-refractivity contribution in [1.29, 1.82) is 0 Å². The normalized spacial score (nSPS) is 26.4. The van der Waals surface area contributed by atoms with E-state index in [4.69, 9.17) is 8.85 Å². The van der Waals surface area contributed by atoms with E-state index in [1.807, 2.05) is 18.2 Å². The third-order valence-corrected chi connectivity index (χ3v) is 7.01. The minimum absolute atomic E-state index is 0.0641. The van der Waals surface area contributed by atoms with Crippen molar-refractivity contribution in [3.63, 3.8) is 0 Å². The molecule has 1 atom stereocenters. The maximum absolute atomic E-state index is 6.06. The van der Waals surface area contributed by atoms with Crippen LogP contribution >= 0.6 is 0 Å². The van der Waals surface area contributed by atoms with Crippen LogP contribution in [0.1, 0.15) is 20.8 Å². The Morgan fingerprint density at radius 2 is 1.88 bits per heavy atom. The summed E-state index contributed by atoms with van der Waals surface area (Å²) in [5.41, 5.74) is 0.0641. The number of rotatable bonds is 2. The maximum atomic E-state index is 6.06. The molecule has 2 rings (SSSR count). The Morgan fingerprint density at radius 3 is 2.41 bits per heavy atom. The Hall–Kier alpha value is -0.683. The van der Waals surface area contributed by atoms with Gasteiger partial charge in [0.2, 0.25) is 0 Å². The third-order valence-electron chi connectivity index (χ3n) is 3.19. The van der Waals surface area contributed by atoms with Crippen LogP contribution < -0.4 is 5.19 Å². The number of nitrogens with zero attached hydrogens (tertiary/aromatic N) is 1. The fourth-order valence-corrected chi connectivity index (χ4v) is 5.91. The van der Waals surface area contributed by atoms with Crippen LogP contribution in [0.3, 0.4) is 0 Å². The molecule has 1 aromatic carbocycles. The summed E-state index contributed by atoms with van der Waals surface area (Å²) in [7, 11) is -0.647. The van der Waals surface area contributed by atoms with Gasteiger partial charge in [-0.05, 0) is 20.8 Å². The van der Waals surface area contributed by atoms with Gasteiger partial charge in [-0.25, -0.2) is 0 Å². The van der Waals surface area contributed by atoms with Gasteiger partial charge >= 0.3 is 8.72 Å². The lowest BCUT2D eigenvalue weighted by Gasteiger charge is -2.40. The first-order chi connectivity index (χ1) is 8.00. The molecule has 0 aromatic heterocycles. The van der Waals surface area contributed by atoms with Crippen LogP contribution in [0.25, 0.3) is 0 Å². The lowest BCUT2D eigenvalue weighted by atomic mass is 10.1. The second kappa shape index (κ2) is 4.53. The molecule has 4 heteroatoms. The Kier molecular flexibility index (Phi) is 3.40. The first-order valence-corrected chi connectivity index (χ1v) is 7.79. The van der Waals surface area contributed by atoms with Crippen molar-refractivity contribution in [2.45, 2.75) is 26.3 Å². The smallest absolute Gasteiger partial charge is 0.383 e. The SMILES string of the molecule is CO[Si]1(c2ccccc2)OCCN1C(C)(C)C. The number of benzene rings is 1. The van der Waals surface area contributed by atoms with Crippen molar-refractivity contribution < 1.29 is 8.85 Å². The van der Waals surface area contributed by atoms with Crippen LogP contribution in [0.5, 0.6) is 0 Å². The molecule has 0 spiro atoms. The molecule has 1 heterocycles. The molecular formula is C13H21NO2Si. The van der Waals surface area contributed by atoms with Gasteiger partial charge in [-0.2, -0.15) is 0 Å². The van der Waals surface area contributed by atoms with Crippen LogP contribution in [0.2, 0.25) is 0 Å². The van der Waals surface area contributed by atoms with E-state index in [-0.39, 0.29) is 5.54 Å². The third kappa shape index (κ3) is 2.18. The van der Waals surface area contributed by atoms with E-state index in [0.717, 1.165) is 13.2 Å². The molecule has 0 amide bonds. The zero-order valence-corrected chi connectivity index (χ0v) is 12.1. The monoisotopic (exact) mass is 251 g/mol. The van der Waals surface area contributed by atoms with Crippen molar-refractivity contribution in [3.8, 4) is 0 Å². The topological polar surface area (TPSA) is 21.7 Å². The summed E-state index contributed by atoms with van der Waals surface area (Å²) in [6, 6.07) is 10.3. The van der Waals surface area contributed by atoms with Gasteiger partial charge in [-0.15, -0.1) is 0 Å². The summed E-state index contributed by atoms with van der Waals surface area (Å²) < 4.78 is 14.3. The van der Waals surface area contributed by atoms with Crippen molar-refractivity contribution >= 4 is 13.9 Å². The average Bonchev–Trinajstić information content (AvgIpc) is 2.75. The van der Waals surface area contributed by atoms with E-state index in [1.54, 1.807) is 7.11 Å². The second-order valence-electron chi connectivity index (χ2n) is 5.32. The molecule has 1 aliphatic heterocycles. The second-order valence-corrected chi connectivity index (χ2v) is 8.30. The fraction of sp³-hybridized carbons (Fsp3) is 0.538. The highest BCUT2D eigenvalue weighted by molar-refractivity contribution is 6.79. The molecule has 1 unspecified atom stereocenters. The average molecular weight is 251 g/mol. The summed E-state index contributed by atoms with van der Waals surface area (Å²) in [4.78, 5) is 0. The van der Waals surface area contributed by atoms with Gasteiger partial charge in [-0.1, -0.05) is 30.3 Å². The molecule has 1 aliphatic rings. The van der Waals surface area contributed by atoms with Crippen LogP contribution in [-0.4, -0.2) is 39.1 Å². The first-order valence-electron chi connectivity index (χ1n) is 6.03. The van der Waals surface area contributed by atoms with Crippen LogP contribution in [0, 0.1) is 0 Å². The highest BCUT2D eigenvalue weighted by Gasteiger charge is 2.54. The summed E-state index contributed by atoms with van der Waals surface area (Å²) >= 11 is 0. The summed E-state index contributed by atoms with van der Waals surface area (Å²) in [6.45, 7) is 8.34. The summed E-state index contributed by atoms with van der Waals surface area (Å²) in [5, 5.41) is 1.19. The van der Waals surface area contributed by atoms with Gasteiger partial charge in [0.25, 0.3) is 0 Å². The Morgan fingerprint density at radius 1 is 1.24 bits per heavy atom. The summed E-state index contributed by atoms with van der Waals surface area (Å²) in [6.07, 6.45) is 0. The lowest BCUT2D eigenvalue weighted by Crippen LogP contribution is -2.66. The zero-order valence-electron chi connectivity index (χ0n) is 11.1. The predicted octanol–water partition coefficient (Wildman–Crippen LogP) is 1.61. The summed E-state index contributed by atoms with van der Waals surface area (Å²) in [5.74, 6) is 0. The molecular weight excluding hydrogens is 230 g/mol. The molecule has 17 heavy (non-hydrogen) atoms. The highest BCUT2D eigenvalue weighted by Crippen LogP contribution is 2.27. The van der Waals surface area contributed by atoms with Gasteiger partial charge in [0.1, 0.15) is 0 Å². The minimum Gasteiger partial charge on any atom is -0.383 e. The maximum Gasteiger partial charge on any atom is 0.463 e. The van der Waals surface area contributed by atoms with Gasteiger partial charge in [0.15, 0.2) is 0 Å². The molecule has 0 aliphatic carbocycles. The minimum atomic E-state index is -2.41. The van der Waals surface area contributed by atoms with E-state index in [9.17, 15) is 0 Å². The van der Waals surface area contributed by atoms with Crippen molar-refractivity contribution in [2.24, 2.45) is 0 Å². The fourth-order valence-electron chi connectivity index (χ4n) is 2.45. The molecule has 0 saturated carbocycles. The van der Waals surface area contributed by atoms with Gasteiger partial charge in [0, 0.05) is 31.0 Å². The first kappa shape index (κ1) is 12.8. The highest BCUT2D eigenvalue weighted by atomic mass is 28.4. The standard InChI is InChI=1S/C13H21NO2Si/c1-13(2,3)14-10-11-16-17(14,15-4)12-8-6-5-7-9-12/h5-9H,10-11H2,1-4H3. The van der Waals surface area contributed by atoms with Gasteiger partial charge < -0.3 is 8.85 Å². The molecule has 0 N–H and O–H groups in total. The number of hydrogen-bond donors (Lipinski definition) is 0. The van der Waals surface area contributed by atoms with E-state index < -0.39 is 8.72 Å². The molecule has 0 radical (unpaired) electrons. The number of hydrogen-bond acceptors (Lipinski definition) is 3. The van der Waals surface area contributed by atoms with E-state index >= 15 is 0 Å². The Bertz CT molecular complexity index is 377. The van der Waals surface area contributed by atoms with Crippen molar-refractivity contribution in [2.75, 3.05) is 20.3 Å². The van der Waals surface area contributed by atoms with Crippen molar-refractivity contribution in [1.82, 2.24) is 4.57 Å². The van der Waals surface area contributed by atoms with Crippen LogP contribution in [-0.2, 0) is 8.85 Å². The Labute approximate surface area is 105 Å². The molecule has 1 fully saturated rings. The van der Waals surface area contributed by atoms with Gasteiger partial charge in [0.05, 0.1) is 0 Å². The molecule has 94 valence electrons. The van der Waals surface area contributed by atoms with Crippen molar-refractivity contribution in [3.05, 3.63) is 30.3 Å². The quantitative estimate of drug-likeness (QED) is 0.745. The lowest BCUT2D eigenvalue weighted by molar-refractivity contribution is 0.184. The predicted molar refractivity (Wildman–Crippen MR) is 71.3 cm³/mol. The zero-order chi connectivity index (χ0) is 12.5. The molecule has 3 nitrogen and oxygen atoms in total. The molecule has 1 saturated heterocycles. The van der Waals surface area contributed by atoms with E-state index in [2.05, 4.69) is 37.5 Å². The van der Waals surface area contributed by atoms with Crippen LogP contribution in [0.15, 0.2) is 30.3 Å². The van der Waals surface area contributed by atoms with Gasteiger partial charge in [-0.3, -0.25) is 4.57 Å². The molecule has 1 aromatic rings.